The molecule has 0 radical (unpaired) electrons. The van der Waals surface area contributed by atoms with E-state index in [0.29, 0.717) is 40.6 Å². The van der Waals surface area contributed by atoms with Crippen LogP contribution in [0.25, 0.3) is 22.4 Å². The molecule has 2 aromatic carbocycles. The number of carbonyl (C=O) groups excluding carboxylic acids is 1. The number of esters is 1. The Bertz CT molecular complexity index is 1230. The molecule has 4 aromatic rings. The van der Waals surface area contributed by atoms with Crippen LogP contribution in [0.4, 0.5) is 0 Å². The Morgan fingerprint density at radius 3 is 2.56 bits per heavy atom. The Balaban J connectivity index is 1.82. The van der Waals surface area contributed by atoms with E-state index in [2.05, 4.69) is 10.2 Å². The summed E-state index contributed by atoms with van der Waals surface area (Å²) < 4.78 is 8.43. The smallest absolute Gasteiger partial charge is 0.319 e. The van der Waals surface area contributed by atoms with Crippen LogP contribution in [0, 0.1) is 0 Å². The molecule has 1 atom stereocenters. The zero-order valence-electron chi connectivity index (χ0n) is 14.1. The van der Waals surface area contributed by atoms with Gasteiger partial charge in [0.25, 0.3) is 5.56 Å². The first-order valence-corrected chi connectivity index (χ1v) is 9.39. The van der Waals surface area contributed by atoms with Gasteiger partial charge in [-0.3, -0.25) is 14.0 Å². The molecule has 0 bridgehead atoms. The maximum absolute atomic E-state index is 13.1. The summed E-state index contributed by atoms with van der Waals surface area (Å²) in [5.41, 5.74) is 1.26. The first-order chi connectivity index (χ1) is 13.2. The molecule has 0 aliphatic carbocycles. The molecule has 0 saturated carbocycles. The number of rotatable bonds is 3. The van der Waals surface area contributed by atoms with Crippen LogP contribution >= 0.6 is 11.8 Å². The van der Waals surface area contributed by atoms with Gasteiger partial charge in [-0.05, 0) is 24.3 Å². The fraction of sp³-hybridized carbons (Fsp3) is 0.158. The highest BCUT2D eigenvalue weighted by Crippen LogP contribution is 2.30. The third-order valence-electron chi connectivity index (χ3n) is 4.54. The van der Waals surface area contributed by atoms with E-state index in [-0.39, 0.29) is 16.8 Å². The van der Waals surface area contributed by atoms with Gasteiger partial charge in [-0.1, -0.05) is 42.1 Å². The molecule has 1 saturated heterocycles. The van der Waals surface area contributed by atoms with Gasteiger partial charge in [0.05, 0.1) is 23.2 Å². The van der Waals surface area contributed by atoms with Crippen molar-refractivity contribution < 1.29 is 9.53 Å². The van der Waals surface area contributed by atoms with E-state index in [1.807, 2.05) is 52.9 Å². The predicted octanol–water partition coefficient (Wildman–Crippen LogP) is 2.44. The first kappa shape index (κ1) is 16.1. The summed E-state index contributed by atoms with van der Waals surface area (Å²) in [6.07, 6.45) is 0.634. The summed E-state index contributed by atoms with van der Waals surface area (Å²) in [7, 11) is 0. The van der Waals surface area contributed by atoms with E-state index in [9.17, 15) is 9.59 Å². The molecule has 3 heterocycles. The van der Waals surface area contributed by atoms with Crippen molar-refractivity contribution >= 4 is 34.4 Å². The monoisotopic (exact) mass is 378 g/mol. The van der Waals surface area contributed by atoms with E-state index in [4.69, 9.17) is 4.74 Å². The van der Waals surface area contributed by atoms with Crippen LogP contribution in [0.1, 0.15) is 6.42 Å². The van der Waals surface area contributed by atoms with Crippen molar-refractivity contribution in [3.8, 4) is 5.69 Å². The second kappa shape index (κ2) is 6.24. The van der Waals surface area contributed by atoms with E-state index >= 15 is 0 Å². The van der Waals surface area contributed by atoms with Gasteiger partial charge in [-0.2, -0.15) is 0 Å². The average Bonchev–Trinajstić information content (AvgIpc) is 3.30. The lowest BCUT2D eigenvalue weighted by Gasteiger charge is -2.11. The second-order valence-corrected chi connectivity index (χ2v) is 7.34. The highest BCUT2D eigenvalue weighted by Gasteiger charge is 2.30. The molecule has 134 valence electrons. The normalized spacial score (nSPS) is 16.9. The van der Waals surface area contributed by atoms with Gasteiger partial charge in [0, 0.05) is 6.42 Å². The summed E-state index contributed by atoms with van der Waals surface area (Å²) in [5.74, 6) is 0.177. The number of nitrogens with zero attached hydrogens (tertiary/aromatic N) is 4. The fourth-order valence-corrected chi connectivity index (χ4v) is 4.28. The summed E-state index contributed by atoms with van der Waals surface area (Å²) in [4.78, 5) is 25.0. The maximum atomic E-state index is 13.1. The number of carbonyl (C=O) groups is 1. The molecule has 8 heteroatoms. The number of hydrogen-bond acceptors (Lipinski definition) is 6. The first-order valence-electron chi connectivity index (χ1n) is 8.51. The molecule has 0 spiro atoms. The number of para-hydroxylation sites is 2. The van der Waals surface area contributed by atoms with Crippen molar-refractivity contribution in [2.45, 2.75) is 16.8 Å². The molecule has 7 nitrogen and oxygen atoms in total. The van der Waals surface area contributed by atoms with Gasteiger partial charge < -0.3 is 4.74 Å². The Hall–Kier alpha value is -3.13. The highest BCUT2D eigenvalue weighted by atomic mass is 32.2. The van der Waals surface area contributed by atoms with Crippen LogP contribution < -0.4 is 5.56 Å². The van der Waals surface area contributed by atoms with Gasteiger partial charge >= 0.3 is 5.97 Å². The predicted molar refractivity (Wildman–Crippen MR) is 101 cm³/mol. The lowest BCUT2D eigenvalue weighted by Crippen LogP contribution is -2.22. The molecular weight excluding hydrogens is 364 g/mol. The van der Waals surface area contributed by atoms with Crippen LogP contribution in [0.5, 0.6) is 0 Å². The maximum Gasteiger partial charge on any atom is 0.319 e. The number of fused-ring (bicyclic) bond motifs is 3. The van der Waals surface area contributed by atoms with Gasteiger partial charge in [-0.25, -0.2) is 4.57 Å². The van der Waals surface area contributed by atoms with Crippen LogP contribution in [-0.2, 0) is 9.53 Å². The third kappa shape index (κ3) is 2.52. The van der Waals surface area contributed by atoms with Crippen molar-refractivity contribution in [1.82, 2.24) is 19.2 Å². The Morgan fingerprint density at radius 1 is 1.00 bits per heavy atom. The van der Waals surface area contributed by atoms with Gasteiger partial charge in [-0.15, -0.1) is 10.2 Å². The number of thioether (sulfide) groups is 1. The molecule has 0 amide bonds. The number of hydrogen-bond donors (Lipinski definition) is 0. The van der Waals surface area contributed by atoms with Gasteiger partial charge in [0.15, 0.2) is 5.16 Å². The van der Waals surface area contributed by atoms with Gasteiger partial charge in [0.1, 0.15) is 5.25 Å². The summed E-state index contributed by atoms with van der Waals surface area (Å²) in [6.45, 7) is 0.419. The van der Waals surface area contributed by atoms with E-state index < -0.39 is 0 Å². The van der Waals surface area contributed by atoms with Crippen molar-refractivity contribution in [3.05, 3.63) is 65.0 Å². The molecular formula is C19H14N4O3S. The standard InChI is InChI=1S/C19H14N4O3S/c24-16-13-8-4-5-9-14(13)23-18(22(16)12-6-2-1-3-7-12)20-21-19(23)27-15-10-11-26-17(15)25/h1-9,15H,10-11H2/t15-/m1/s1. The van der Waals surface area contributed by atoms with Crippen LogP contribution in [0.3, 0.4) is 0 Å². The van der Waals surface area contributed by atoms with Crippen LogP contribution in [0.15, 0.2) is 64.5 Å². The van der Waals surface area contributed by atoms with Gasteiger partial charge in [0.2, 0.25) is 5.78 Å². The number of cyclic esters (lactones) is 1. The van der Waals surface area contributed by atoms with E-state index in [1.165, 1.54) is 11.8 Å². The largest absolute Gasteiger partial charge is 0.465 e. The topological polar surface area (TPSA) is 78.5 Å². The molecule has 0 N–H and O–H groups in total. The molecule has 1 aliphatic rings. The lowest BCUT2D eigenvalue weighted by atomic mass is 10.2. The minimum absolute atomic E-state index is 0.159. The quantitative estimate of drug-likeness (QED) is 0.510. The lowest BCUT2D eigenvalue weighted by molar-refractivity contribution is -0.137. The van der Waals surface area contributed by atoms with Crippen molar-refractivity contribution in [3.63, 3.8) is 0 Å². The zero-order chi connectivity index (χ0) is 18.4. The fourth-order valence-electron chi connectivity index (χ4n) is 3.28. The van der Waals surface area contributed by atoms with Crippen molar-refractivity contribution in [2.24, 2.45) is 0 Å². The molecule has 1 fully saturated rings. The Kier molecular flexibility index (Phi) is 3.71. The summed E-state index contributed by atoms with van der Waals surface area (Å²) in [6, 6.07) is 16.7. The third-order valence-corrected chi connectivity index (χ3v) is 5.73. The number of benzene rings is 2. The number of ether oxygens (including phenoxy) is 1. The highest BCUT2D eigenvalue weighted by molar-refractivity contribution is 8.00. The van der Waals surface area contributed by atoms with Crippen molar-refractivity contribution in [1.29, 1.82) is 0 Å². The van der Waals surface area contributed by atoms with E-state index in [0.717, 1.165) is 0 Å². The summed E-state index contributed by atoms with van der Waals surface area (Å²) in [5, 5.41) is 9.37. The van der Waals surface area contributed by atoms with Crippen molar-refractivity contribution in [2.75, 3.05) is 6.61 Å². The molecule has 5 rings (SSSR count). The molecule has 2 aromatic heterocycles. The second-order valence-electron chi connectivity index (χ2n) is 6.17. The summed E-state index contributed by atoms with van der Waals surface area (Å²) >= 11 is 1.32. The minimum Gasteiger partial charge on any atom is -0.465 e. The molecule has 0 unspecified atom stereocenters. The average molecular weight is 378 g/mol. The minimum atomic E-state index is -0.312. The van der Waals surface area contributed by atoms with Crippen LogP contribution in [-0.4, -0.2) is 37.0 Å². The Labute approximate surface area is 157 Å². The Morgan fingerprint density at radius 2 is 1.78 bits per heavy atom. The zero-order valence-corrected chi connectivity index (χ0v) is 14.9. The van der Waals surface area contributed by atoms with E-state index in [1.54, 1.807) is 10.6 Å². The SMILES string of the molecule is O=C1OCC[C@H]1Sc1nnc2n(-c3ccccc3)c(=O)c3ccccc3n12. The molecule has 27 heavy (non-hydrogen) atoms. The number of aromatic nitrogens is 4. The molecule has 1 aliphatic heterocycles. The van der Waals surface area contributed by atoms with Crippen LogP contribution in [0.2, 0.25) is 0 Å².